The predicted molar refractivity (Wildman–Crippen MR) is 119 cm³/mol. The van der Waals surface area contributed by atoms with E-state index in [0.29, 0.717) is 17.2 Å². The summed E-state index contributed by atoms with van der Waals surface area (Å²) in [6.07, 6.45) is 5.22. The van der Waals surface area contributed by atoms with Crippen LogP contribution in [0.1, 0.15) is 43.9 Å². The number of halogens is 3. The van der Waals surface area contributed by atoms with E-state index in [1.54, 1.807) is 13.0 Å². The predicted octanol–water partition coefficient (Wildman–Crippen LogP) is 4.78. The summed E-state index contributed by atoms with van der Waals surface area (Å²) in [6, 6.07) is 7.32. The van der Waals surface area contributed by atoms with Gasteiger partial charge in [0, 0.05) is 36.6 Å². The van der Waals surface area contributed by atoms with Crippen molar-refractivity contribution < 1.29 is 4.39 Å². The van der Waals surface area contributed by atoms with E-state index < -0.39 is 0 Å². The summed E-state index contributed by atoms with van der Waals surface area (Å²) < 4.78 is 13.8. The topological polar surface area (TPSA) is 67.1 Å². The van der Waals surface area contributed by atoms with Crippen molar-refractivity contribution in [1.82, 2.24) is 9.97 Å². The summed E-state index contributed by atoms with van der Waals surface area (Å²) in [5.41, 5.74) is 8.41. The van der Waals surface area contributed by atoms with Gasteiger partial charge >= 0.3 is 0 Å². The highest BCUT2D eigenvalue weighted by molar-refractivity contribution is 5.85. The largest absolute Gasteiger partial charge is 0.355 e. The Labute approximate surface area is 179 Å². The minimum absolute atomic E-state index is 0. The number of aryl methyl sites for hydroxylation is 2. The molecule has 1 saturated heterocycles. The van der Waals surface area contributed by atoms with E-state index in [4.69, 9.17) is 5.73 Å². The number of benzene rings is 1. The van der Waals surface area contributed by atoms with E-state index in [0.717, 1.165) is 56.7 Å². The standard InChI is InChI=1S/C20H28FN5.2ClH/c1-3-4-7-16-12-19(26-10-5-6-15(22)13-26)25-20(23-16)24-17-9-8-14(2)18(21)11-17;;/h8-9,11-12,15H,3-7,10,13,22H2,1-2H3,(H,23,24,25);2*1H. The van der Waals surface area contributed by atoms with Crippen molar-refractivity contribution in [3.63, 3.8) is 0 Å². The van der Waals surface area contributed by atoms with Gasteiger partial charge < -0.3 is 16.0 Å². The molecule has 0 radical (unpaired) electrons. The summed E-state index contributed by atoms with van der Waals surface area (Å²) >= 11 is 0. The van der Waals surface area contributed by atoms with E-state index in [1.807, 2.05) is 6.07 Å². The molecule has 0 amide bonds. The number of nitrogens with two attached hydrogens (primary N) is 1. The number of hydrogen-bond acceptors (Lipinski definition) is 5. The molecule has 1 aliphatic rings. The highest BCUT2D eigenvalue weighted by Crippen LogP contribution is 2.23. The number of unbranched alkanes of at least 4 members (excludes halogenated alkanes) is 1. The lowest BCUT2D eigenvalue weighted by Crippen LogP contribution is -2.43. The molecule has 1 unspecified atom stereocenters. The summed E-state index contributed by atoms with van der Waals surface area (Å²) in [5, 5.41) is 3.16. The van der Waals surface area contributed by atoms with Crippen molar-refractivity contribution in [2.75, 3.05) is 23.3 Å². The molecule has 1 fully saturated rings. The highest BCUT2D eigenvalue weighted by atomic mass is 35.5. The van der Waals surface area contributed by atoms with Gasteiger partial charge in [-0.3, -0.25) is 0 Å². The molecule has 2 aromatic rings. The van der Waals surface area contributed by atoms with Crippen LogP contribution in [0.5, 0.6) is 0 Å². The van der Waals surface area contributed by atoms with Gasteiger partial charge in [-0.15, -0.1) is 24.8 Å². The van der Waals surface area contributed by atoms with Gasteiger partial charge in [-0.1, -0.05) is 19.4 Å². The molecule has 1 atom stereocenters. The maximum atomic E-state index is 13.8. The van der Waals surface area contributed by atoms with Gasteiger partial charge in [0.25, 0.3) is 0 Å². The average Bonchev–Trinajstić information content (AvgIpc) is 2.63. The maximum absolute atomic E-state index is 13.8. The van der Waals surface area contributed by atoms with E-state index in [1.165, 1.54) is 6.07 Å². The second kappa shape index (κ2) is 11.4. The van der Waals surface area contributed by atoms with Crippen LogP contribution in [0, 0.1) is 12.7 Å². The van der Waals surface area contributed by atoms with Crippen molar-refractivity contribution in [2.45, 2.75) is 52.0 Å². The van der Waals surface area contributed by atoms with Crippen molar-refractivity contribution >= 4 is 42.3 Å². The van der Waals surface area contributed by atoms with Crippen LogP contribution in [-0.4, -0.2) is 29.1 Å². The van der Waals surface area contributed by atoms with Crippen LogP contribution in [0.4, 0.5) is 21.8 Å². The molecule has 28 heavy (non-hydrogen) atoms. The first-order valence-corrected chi connectivity index (χ1v) is 9.47. The van der Waals surface area contributed by atoms with E-state index >= 15 is 0 Å². The molecule has 3 rings (SSSR count). The van der Waals surface area contributed by atoms with Crippen molar-refractivity contribution in [3.8, 4) is 0 Å². The van der Waals surface area contributed by atoms with E-state index in [2.05, 4.69) is 33.2 Å². The molecule has 0 spiro atoms. The van der Waals surface area contributed by atoms with Crippen LogP contribution in [-0.2, 0) is 6.42 Å². The van der Waals surface area contributed by atoms with Gasteiger partial charge in [-0.05, 0) is 50.3 Å². The summed E-state index contributed by atoms with van der Waals surface area (Å²) in [6.45, 7) is 5.68. The molecule has 8 heteroatoms. The molecule has 1 aromatic heterocycles. The molecule has 0 aliphatic carbocycles. The molecular formula is C20H30Cl2FN5. The fourth-order valence-corrected chi connectivity index (χ4v) is 3.20. The third kappa shape index (κ3) is 6.47. The minimum atomic E-state index is -0.237. The SMILES string of the molecule is CCCCc1cc(N2CCCC(N)C2)nc(Nc2ccc(C)c(F)c2)n1.Cl.Cl. The van der Waals surface area contributed by atoms with E-state index in [9.17, 15) is 4.39 Å². The smallest absolute Gasteiger partial charge is 0.229 e. The lowest BCUT2D eigenvalue weighted by atomic mass is 10.1. The normalized spacial score (nSPS) is 16.1. The second-order valence-electron chi connectivity index (χ2n) is 7.08. The first-order chi connectivity index (χ1) is 12.5. The van der Waals surface area contributed by atoms with Crippen LogP contribution in [0.2, 0.25) is 0 Å². The Hall–Kier alpha value is -1.63. The fraction of sp³-hybridized carbons (Fsp3) is 0.500. The van der Waals surface area contributed by atoms with Gasteiger partial charge in [0.05, 0.1) is 0 Å². The first kappa shape index (κ1) is 24.4. The lowest BCUT2D eigenvalue weighted by molar-refractivity contribution is 0.503. The second-order valence-corrected chi connectivity index (χ2v) is 7.08. The zero-order valence-corrected chi connectivity index (χ0v) is 18.1. The van der Waals surface area contributed by atoms with Gasteiger partial charge in [0.15, 0.2) is 0 Å². The summed E-state index contributed by atoms with van der Waals surface area (Å²) in [4.78, 5) is 11.5. The van der Waals surface area contributed by atoms with Crippen LogP contribution < -0.4 is 16.0 Å². The molecular weight excluding hydrogens is 400 g/mol. The Morgan fingerprint density at radius 1 is 1.25 bits per heavy atom. The molecule has 5 nitrogen and oxygen atoms in total. The number of anilines is 3. The lowest BCUT2D eigenvalue weighted by Gasteiger charge is -2.32. The zero-order valence-electron chi connectivity index (χ0n) is 16.4. The van der Waals surface area contributed by atoms with Crippen LogP contribution in [0.25, 0.3) is 0 Å². The molecule has 156 valence electrons. The van der Waals surface area contributed by atoms with E-state index in [-0.39, 0.29) is 36.7 Å². The number of nitrogens with zero attached hydrogens (tertiary/aromatic N) is 3. The van der Waals surface area contributed by atoms with Crippen LogP contribution in [0.3, 0.4) is 0 Å². The molecule has 0 saturated carbocycles. The number of hydrogen-bond donors (Lipinski definition) is 2. The molecule has 0 bridgehead atoms. The monoisotopic (exact) mass is 429 g/mol. The third-order valence-corrected chi connectivity index (χ3v) is 4.76. The van der Waals surface area contributed by atoms with Gasteiger partial charge in [-0.2, -0.15) is 4.98 Å². The molecule has 3 N–H and O–H groups in total. The quantitative estimate of drug-likeness (QED) is 0.691. The zero-order chi connectivity index (χ0) is 18.5. The van der Waals surface area contributed by atoms with Gasteiger partial charge in [-0.25, -0.2) is 9.37 Å². The first-order valence-electron chi connectivity index (χ1n) is 9.47. The molecule has 1 aliphatic heterocycles. The number of nitrogens with one attached hydrogen (secondary N) is 1. The molecule has 2 heterocycles. The fourth-order valence-electron chi connectivity index (χ4n) is 3.20. The van der Waals surface area contributed by atoms with Crippen molar-refractivity contribution in [2.24, 2.45) is 5.73 Å². The summed E-state index contributed by atoms with van der Waals surface area (Å²) in [5.74, 6) is 1.17. The maximum Gasteiger partial charge on any atom is 0.229 e. The van der Waals surface area contributed by atoms with Crippen molar-refractivity contribution in [1.29, 1.82) is 0 Å². The van der Waals surface area contributed by atoms with Gasteiger partial charge in [0.2, 0.25) is 5.95 Å². The van der Waals surface area contributed by atoms with Crippen LogP contribution >= 0.6 is 24.8 Å². The van der Waals surface area contributed by atoms with Gasteiger partial charge in [0.1, 0.15) is 11.6 Å². The minimum Gasteiger partial charge on any atom is -0.355 e. The van der Waals surface area contributed by atoms with Crippen LogP contribution in [0.15, 0.2) is 24.3 Å². The highest BCUT2D eigenvalue weighted by Gasteiger charge is 2.19. The number of rotatable bonds is 6. The Bertz CT molecular complexity index is 759. The van der Waals surface area contributed by atoms with Crippen molar-refractivity contribution in [3.05, 3.63) is 41.3 Å². The Balaban J connectivity index is 0.00000196. The average molecular weight is 430 g/mol. The summed E-state index contributed by atoms with van der Waals surface area (Å²) in [7, 11) is 0. The Kier molecular flexibility index (Phi) is 9.93. The number of piperidine rings is 1. The third-order valence-electron chi connectivity index (χ3n) is 4.76. The number of aromatic nitrogens is 2. The Morgan fingerprint density at radius 2 is 2.04 bits per heavy atom. The molecule has 1 aromatic carbocycles. The Morgan fingerprint density at radius 3 is 2.71 bits per heavy atom.